The zero-order valence-electron chi connectivity index (χ0n) is 17.5. The maximum Gasteiger partial charge on any atom is 0.408 e. The van der Waals surface area contributed by atoms with Gasteiger partial charge in [-0.2, -0.15) is 17.9 Å². The molecule has 9 heteroatoms. The van der Waals surface area contributed by atoms with Crippen LogP contribution in [0.25, 0.3) is 0 Å². The fourth-order valence-corrected chi connectivity index (χ4v) is 4.75. The zero-order valence-corrected chi connectivity index (χ0v) is 18.3. The number of hydrogen-bond acceptors (Lipinski definition) is 4. The van der Waals surface area contributed by atoms with Crippen molar-refractivity contribution < 1.29 is 26.3 Å². The molecule has 0 aromatic heterocycles. The lowest BCUT2D eigenvalue weighted by Crippen LogP contribution is -2.42. The van der Waals surface area contributed by atoms with Crippen molar-refractivity contribution >= 4 is 10.0 Å². The number of likely N-dealkylation sites (tertiary alicyclic amines) is 1. The molecule has 0 spiro atoms. The number of rotatable bonds is 7. The number of nitrogens with zero attached hydrogens (tertiary/aromatic N) is 1. The number of methoxy groups -OCH3 is 1. The quantitative estimate of drug-likeness (QED) is 0.688. The third-order valence-corrected chi connectivity index (χ3v) is 6.21. The van der Waals surface area contributed by atoms with E-state index in [-0.39, 0.29) is 17.6 Å². The normalized spacial score (nSPS) is 21.7. The van der Waals surface area contributed by atoms with Gasteiger partial charge in [0.15, 0.2) is 0 Å². The first-order valence-electron chi connectivity index (χ1n) is 10.00. The van der Waals surface area contributed by atoms with Crippen LogP contribution in [0.3, 0.4) is 0 Å². The van der Waals surface area contributed by atoms with Gasteiger partial charge in [0, 0.05) is 32.7 Å². The SMILES string of the molecule is CO[C@@H]1CCN(Cc2ccc([C@H](NS(C)(=O)=O)C(F)(F)F)cc2)C[C@H]1c1ccccc1. The van der Waals surface area contributed by atoms with Crippen LogP contribution in [0.5, 0.6) is 0 Å². The molecule has 0 saturated carbocycles. The van der Waals surface area contributed by atoms with Gasteiger partial charge in [-0.3, -0.25) is 4.90 Å². The van der Waals surface area contributed by atoms with E-state index < -0.39 is 22.2 Å². The largest absolute Gasteiger partial charge is 0.408 e. The van der Waals surface area contributed by atoms with E-state index in [1.807, 2.05) is 18.2 Å². The van der Waals surface area contributed by atoms with Gasteiger partial charge < -0.3 is 4.74 Å². The third-order valence-electron chi connectivity index (χ3n) is 5.54. The minimum atomic E-state index is -4.73. The highest BCUT2D eigenvalue weighted by Crippen LogP contribution is 2.34. The Morgan fingerprint density at radius 1 is 1.13 bits per heavy atom. The average molecular weight is 457 g/mol. The Balaban J connectivity index is 1.72. The summed E-state index contributed by atoms with van der Waals surface area (Å²) in [5.74, 6) is 0.216. The average Bonchev–Trinajstić information content (AvgIpc) is 2.72. The number of benzene rings is 2. The van der Waals surface area contributed by atoms with E-state index in [9.17, 15) is 21.6 Å². The predicted octanol–water partition coefficient (Wildman–Crippen LogP) is 3.84. The van der Waals surface area contributed by atoms with Gasteiger partial charge in [0.05, 0.1) is 12.4 Å². The molecule has 0 unspecified atom stereocenters. The summed E-state index contributed by atoms with van der Waals surface area (Å²) < 4.78 is 70.1. The highest BCUT2D eigenvalue weighted by molar-refractivity contribution is 7.88. The van der Waals surface area contributed by atoms with Crippen molar-refractivity contribution in [3.8, 4) is 0 Å². The molecule has 0 amide bonds. The lowest BCUT2D eigenvalue weighted by molar-refractivity contribution is -0.153. The fraction of sp³-hybridized carbons (Fsp3) is 0.455. The Hall–Kier alpha value is -1.94. The fourth-order valence-electron chi connectivity index (χ4n) is 4.06. The van der Waals surface area contributed by atoms with Crippen molar-refractivity contribution in [3.63, 3.8) is 0 Å². The van der Waals surface area contributed by atoms with Crippen LogP contribution in [0.2, 0.25) is 0 Å². The van der Waals surface area contributed by atoms with Crippen LogP contribution in [-0.2, 0) is 21.3 Å². The molecule has 1 aliphatic heterocycles. The summed E-state index contributed by atoms with van der Waals surface area (Å²) in [6, 6.07) is 13.8. The molecular weight excluding hydrogens is 429 g/mol. The molecule has 2 aromatic rings. The van der Waals surface area contributed by atoms with Crippen LogP contribution in [0.4, 0.5) is 13.2 Å². The van der Waals surface area contributed by atoms with Gasteiger partial charge in [0.25, 0.3) is 0 Å². The van der Waals surface area contributed by atoms with Gasteiger partial charge in [-0.1, -0.05) is 54.6 Å². The molecule has 1 fully saturated rings. The summed E-state index contributed by atoms with van der Waals surface area (Å²) in [4.78, 5) is 2.26. The lowest BCUT2D eigenvalue weighted by atomic mass is 9.87. The van der Waals surface area contributed by atoms with Crippen molar-refractivity contribution in [2.75, 3.05) is 26.5 Å². The Morgan fingerprint density at radius 2 is 1.77 bits per heavy atom. The van der Waals surface area contributed by atoms with Gasteiger partial charge >= 0.3 is 6.18 Å². The summed E-state index contributed by atoms with van der Waals surface area (Å²) in [5.41, 5.74) is 1.93. The van der Waals surface area contributed by atoms with Crippen molar-refractivity contribution in [2.45, 2.75) is 37.2 Å². The molecule has 2 aromatic carbocycles. The minimum absolute atomic E-state index is 0.121. The van der Waals surface area contributed by atoms with Crippen LogP contribution in [-0.4, -0.2) is 52.1 Å². The third kappa shape index (κ3) is 6.52. The van der Waals surface area contributed by atoms with E-state index in [1.54, 1.807) is 24.0 Å². The summed E-state index contributed by atoms with van der Waals surface area (Å²) in [7, 11) is -2.30. The number of sulfonamides is 1. The van der Waals surface area contributed by atoms with Crippen molar-refractivity contribution in [3.05, 3.63) is 71.3 Å². The number of piperidine rings is 1. The van der Waals surface area contributed by atoms with Crippen molar-refractivity contribution in [1.82, 2.24) is 9.62 Å². The first-order valence-corrected chi connectivity index (χ1v) is 11.9. The second-order valence-corrected chi connectivity index (χ2v) is 9.70. The highest BCUT2D eigenvalue weighted by Gasteiger charge is 2.42. The minimum Gasteiger partial charge on any atom is -0.381 e. The van der Waals surface area contributed by atoms with Gasteiger partial charge in [-0.05, 0) is 23.1 Å². The van der Waals surface area contributed by atoms with Gasteiger partial charge in [0.2, 0.25) is 10.0 Å². The first kappa shape index (κ1) is 23.7. The number of ether oxygens (including phenoxy) is 1. The van der Waals surface area contributed by atoms with E-state index >= 15 is 0 Å². The Labute approximate surface area is 181 Å². The molecule has 31 heavy (non-hydrogen) atoms. The van der Waals surface area contributed by atoms with E-state index in [4.69, 9.17) is 4.74 Å². The molecule has 0 radical (unpaired) electrons. The molecular formula is C22H27F3N2O3S. The molecule has 0 aliphatic carbocycles. The number of hydrogen-bond donors (Lipinski definition) is 1. The topological polar surface area (TPSA) is 58.6 Å². The molecule has 3 atom stereocenters. The summed E-state index contributed by atoms with van der Waals surface area (Å²) in [6.07, 6.45) is -3.03. The molecule has 170 valence electrons. The molecule has 1 aliphatic rings. The van der Waals surface area contributed by atoms with Gasteiger partial charge in [-0.25, -0.2) is 8.42 Å². The van der Waals surface area contributed by atoms with Crippen molar-refractivity contribution in [2.24, 2.45) is 0 Å². The monoisotopic (exact) mass is 456 g/mol. The Morgan fingerprint density at radius 3 is 2.32 bits per heavy atom. The Kier molecular flexibility index (Phi) is 7.41. The first-order chi connectivity index (χ1) is 14.6. The van der Waals surface area contributed by atoms with Crippen LogP contribution < -0.4 is 4.72 Å². The maximum absolute atomic E-state index is 13.3. The summed E-state index contributed by atoms with van der Waals surface area (Å²) >= 11 is 0. The lowest BCUT2D eigenvalue weighted by Gasteiger charge is -2.38. The second kappa shape index (κ2) is 9.68. The van der Waals surface area contributed by atoms with Crippen LogP contribution in [0, 0.1) is 0 Å². The van der Waals surface area contributed by atoms with Crippen molar-refractivity contribution in [1.29, 1.82) is 0 Å². The molecule has 3 rings (SSSR count). The molecule has 5 nitrogen and oxygen atoms in total. The van der Waals surface area contributed by atoms with Crippen LogP contribution in [0.1, 0.15) is 35.1 Å². The number of nitrogens with one attached hydrogen (secondary N) is 1. The molecule has 0 bridgehead atoms. The smallest absolute Gasteiger partial charge is 0.381 e. The van der Waals surface area contributed by atoms with E-state index in [0.717, 1.165) is 25.1 Å². The Bertz CT molecular complexity index is 950. The molecule has 1 heterocycles. The second-order valence-electron chi connectivity index (χ2n) is 7.92. The molecule has 1 saturated heterocycles. The van der Waals surface area contributed by atoms with Gasteiger partial charge in [0.1, 0.15) is 6.04 Å². The summed E-state index contributed by atoms with van der Waals surface area (Å²) in [5, 5.41) is 0. The number of alkyl halides is 3. The van der Waals surface area contributed by atoms with Crippen LogP contribution in [0.15, 0.2) is 54.6 Å². The standard InChI is InChI=1S/C22H27F3N2O3S/c1-30-20-12-13-27(15-19(20)17-6-4-3-5-7-17)14-16-8-10-18(11-9-16)21(22(23,24)25)26-31(2,28)29/h3-11,19-21,26H,12-15H2,1-2H3/t19-,20+,21-/m0/s1. The predicted molar refractivity (Wildman–Crippen MR) is 113 cm³/mol. The maximum atomic E-state index is 13.3. The summed E-state index contributed by atoms with van der Waals surface area (Å²) in [6.45, 7) is 2.20. The van der Waals surface area contributed by atoms with Crippen LogP contribution >= 0.6 is 0 Å². The van der Waals surface area contributed by atoms with E-state index in [1.165, 1.54) is 17.7 Å². The molecule has 1 N–H and O–H groups in total. The zero-order chi connectivity index (χ0) is 22.6. The number of halogens is 3. The van der Waals surface area contributed by atoms with E-state index in [2.05, 4.69) is 17.0 Å². The van der Waals surface area contributed by atoms with E-state index in [0.29, 0.717) is 12.8 Å². The van der Waals surface area contributed by atoms with Gasteiger partial charge in [-0.15, -0.1) is 0 Å². The highest BCUT2D eigenvalue weighted by atomic mass is 32.2.